The van der Waals surface area contributed by atoms with E-state index in [1.54, 1.807) is 0 Å². The van der Waals surface area contributed by atoms with E-state index in [1.165, 1.54) is 0 Å². The molecular weight excluding hydrogens is 192 g/mol. The van der Waals surface area contributed by atoms with E-state index in [0.29, 0.717) is 11.9 Å². The summed E-state index contributed by atoms with van der Waals surface area (Å²) in [6, 6.07) is 7.75. The number of rotatable bonds is 3. The van der Waals surface area contributed by atoms with Crippen LogP contribution in [0.2, 0.25) is 0 Å². The minimum Gasteiger partial charge on any atom is -0.490 e. The molecule has 1 heterocycles. The van der Waals surface area contributed by atoms with E-state index >= 15 is 0 Å². The van der Waals surface area contributed by atoms with Crippen LogP contribution in [0.15, 0.2) is 24.3 Å². The first kappa shape index (κ1) is 8.40. The Balaban J connectivity index is 1.88. The average molecular weight is 202 g/mol. The Hall–Kier alpha value is -1.91. The molecule has 15 heavy (non-hydrogen) atoms. The molecule has 1 N–H and O–H groups in total. The molecule has 0 atom stereocenters. The molecule has 0 spiro atoms. The highest BCUT2D eigenvalue weighted by Gasteiger charge is 2.23. The van der Waals surface area contributed by atoms with Crippen LogP contribution in [-0.4, -0.2) is 26.7 Å². The van der Waals surface area contributed by atoms with Crippen LogP contribution in [0.5, 0.6) is 5.75 Å². The predicted octanol–water partition coefficient (Wildman–Crippen LogP) is 1.41. The summed E-state index contributed by atoms with van der Waals surface area (Å²) in [5, 5.41) is 13.8. The summed E-state index contributed by atoms with van der Waals surface area (Å²) >= 11 is 0. The Kier molecular flexibility index (Phi) is 1.87. The molecule has 0 radical (unpaired) electrons. The van der Waals surface area contributed by atoms with Crippen molar-refractivity contribution in [3.05, 3.63) is 24.3 Å². The Bertz CT molecular complexity index is 450. The highest BCUT2D eigenvalue weighted by atomic mass is 16.5. The van der Waals surface area contributed by atoms with Gasteiger partial charge in [0.15, 0.2) is 0 Å². The number of benzene rings is 1. The zero-order valence-electron chi connectivity index (χ0n) is 8.05. The van der Waals surface area contributed by atoms with Crippen LogP contribution in [0.4, 0.5) is 0 Å². The van der Waals surface area contributed by atoms with Gasteiger partial charge in [0.1, 0.15) is 5.75 Å². The van der Waals surface area contributed by atoms with Crippen molar-refractivity contribution in [1.82, 2.24) is 20.6 Å². The third-order valence-electron chi connectivity index (χ3n) is 2.26. The molecule has 5 heteroatoms. The standard InChI is InChI=1S/C10H10N4O/c1-2-7(10-11-13-14-12-10)6-9(3-1)15-8-4-5-8/h1-3,6,8H,4-5H2,(H,11,12,13,14). The number of ether oxygens (including phenoxy) is 1. The quantitative estimate of drug-likeness (QED) is 0.817. The van der Waals surface area contributed by atoms with Gasteiger partial charge in [-0.1, -0.05) is 12.1 Å². The number of nitrogens with zero attached hydrogens (tertiary/aromatic N) is 3. The van der Waals surface area contributed by atoms with Gasteiger partial charge in [-0.3, -0.25) is 0 Å². The minimum atomic E-state index is 0.408. The van der Waals surface area contributed by atoms with Gasteiger partial charge >= 0.3 is 0 Å². The summed E-state index contributed by atoms with van der Waals surface area (Å²) < 4.78 is 5.68. The number of aromatic amines is 1. The summed E-state index contributed by atoms with van der Waals surface area (Å²) in [5.41, 5.74) is 0.918. The molecule has 1 fully saturated rings. The van der Waals surface area contributed by atoms with E-state index in [0.717, 1.165) is 24.2 Å². The molecule has 0 aliphatic heterocycles. The van der Waals surface area contributed by atoms with Crippen LogP contribution in [0, 0.1) is 0 Å². The number of hydrogen-bond donors (Lipinski definition) is 1. The Morgan fingerprint density at radius 3 is 3.00 bits per heavy atom. The lowest BCUT2D eigenvalue weighted by Gasteiger charge is -2.04. The molecule has 1 aromatic carbocycles. The summed E-state index contributed by atoms with van der Waals surface area (Å²) in [6.45, 7) is 0. The molecule has 1 aliphatic carbocycles. The van der Waals surface area contributed by atoms with Crippen molar-refractivity contribution in [2.24, 2.45) is 0 Å². The van der Waals surface area contributed by atoms with E-state index in [4.69, 9.17) is 4.74 Å². The van der Waals surface area contributed by atoms with Gasteiger partial charge < -0.3 is 4.74 Å². The summed E-state index contributed by atoms with van der Waals surface area (Å²) in [5.74, 6) is 1.47. The lowest BCUT2D eigenvalue weighted by atomic mass is 10.2. The topological polar surface area (TPSA) is 63.7 Å². The Morgan fingerprint density at radius 2 is 2.27 bits per heavy atom. The fourth-order valence-electron chi connectivity index (χ4n) is 1.37. The van der Waals surface area contributed by atoms with Crippen LogP contribution >= 0.6 is 0 Å². The zero-order valence-corrected chi connectivity index (χ0v) is 8.05. The number of hydrogen-bond acceptors (Lipinski definition) is 4. The van der Waals surface area contributed by atoms with Crippen molar-refractivity contribution in [3.8, 4) is 17.1 Å². The SMILES string of the molecule is c1cc(OC2CC2)cc(-c2nn[nH]n2)c1. The Labute approximate surface area is 86.5 Å². The Morgan fingerprint density at radius 1 is 1.33 bits per heavy atom. The maximum Gasteiger partial charge on any atom is 0.204 e. The number of H-pyrrole nitrogens is 1. The maximum atomic E-state index is 5.68. The van der Waals surface area contributed by atoms with Crippen molar-refractivity contribution in [3.63, 3.8) is 0 Å². The van der Waals surface area contributed by atoms with Gasteiger partial charge in [-0.05, 0) is 30.2 Å². The van der Waals surface area contributed by atoms with Gasteiger partial charge in [-0.15, -0.1) is 10.2 Å². The molecule has 0 unspecified atom stereocenters. The van der Waals surface area contributed by atoms with Gasteiger partial charge in [-0.25, -0.2) is 0 Å². The van der Waals surface area contributed by atoms with Crippen LogP contribution in [-0.2, 0) is 0 Å². The van der Waals surface area contributed by atoms with Crippen LogP contribution < -0.4 is 4.74 Å². The van der Waals surface area contributed by atoms with Gasteiger partial charge in [-0.2, -0.15) is 5.21 Å². The van der Waals surface area contributed by atoms with Crippen LogP contribution in [0.3, 0.4) is 0 Å². The second kappa shape index (κ2) is 3.34. The van der Waals surface area contributed by atoms with Crippen molar-refractivity contribution >= 4 is 0 Å². The average Bonchev–Trinajstić information content (AvgIpc) is 2.91. The summed E-state index contributed by atoms with van der Waals surface area (Å²) in [6.07, 6.45) is 2.73. The molecular formula is C10H10N4O. The molecule has 0 bridgehead atoms. The maximum absolute atomic E-state index is 5.68. The molecule has 0 saturated heterocycles. The largest absolute Gasteiger partial charge is 0.490 e. The van der Waals surface area contributed by atoms with Gasteiger partial charge in [0.25, 0.3) is 0 Å². The zero-order chi connectivity index (χ0) is 10.1. The number of tetrazole rings is 1. The first-order valence-corrected chi connectivity index (χ1v) is 4.92. The van der Waals surface area contributed by atoms with Crippen molar-refractivity contribution < 1.29 is 4.74 Å². The van der Waals surface area contributed by atoms with Gasteiger partial charge in [0.2, 0.25) is 5.82 Å². The monoisotopic (exact) mass is 202 g/mol. The van der Waals surface area contributed by atoms with E-state index in [2.05, 4.69) is 20.6 Å². The van der Waals surface area contributed by atoms with Gasteiger partial charge in [0, 0.05) is 5.56 Å². The predicted molar refractivity (Wildman–Crippen MR) is 53.3 cm³/mol. The molecule has 76 valence electrons. The fourth-order valence-corrected chi connectivity index (χ4v) is 1.37. The second-order valence-electron chi connectivity index (χ2n) is 3.58. The van der Waals surface area contributed by atoms with Gasteiger partial charge in [0.05, 0.1) is 6.10 Å². The lowest BCUT2D eigenvalue weighted by molar-refractivity contribution is 0.303. The molecule has 1 aliphatic rings. The van der Waals surface area contributed by atoms with Crippen molar-refractivity contribution in [2.75, 3.05) is 0 Å². The molecule has 3 rings (SSSR count). The first-order valence-electron chi connectivity index (χ1n) is 4.92. The first-order chi connectivity index (χ1) is 7.42. The third-order valence-corrected chi connectivity index (χ3v) is 2.26. The summed E-state index contributed by atoms with van der Waals surface area (Å²) in [7, 11) is 0. The van der Waals surface area contributed by atoms with Crippen molar-refractivity contribution in [2.45, 2.75) is 18.9 Å². The highest BCUT2D eigenvalue weighted by molar-refractivity contribution is 5.56. The van der Waals surface area contributed by atoms with E-state index in [1.807, 2.05) is 24.3 Å². The lowest BCUT2D eigenvalue weighted by Crippen LogP contribution is -1.95. The molecule has 2 aromatic rings. The molecule has 1 saturated carbocycles. The van der Waals surface area contributed by atoms with Crippen LogP contribution in [0.1, 0.15) is 12.8 Å². The minimum absolute atomic E-state index is 0.408. The fraction of sp³-hybridized carbons (Fsp3) is 0.300. The number of aromatic nitrogens is 4. The highest BCUT2D eigenvalue weighted by Crippen LogP contribution is 2.28. The number of nitrogens with one attached hydrogen (secondary N) is 1. The van der Waals surface area contributed by atoms with E-state index in [9.17, 15) is 0 Å². The molecule has 1 aromatic heterocycles. The third kappa shape index (κ3) is 1.81. The normalized spacial score (nSPS) is 15.2. The van der Waals surface area contributed by atoms with Crippen molar-refractivity contribution in [1.29, 1.82) is 0 Å². The smallest absolute Gasteiger partial charge is 0.204 e. The van der Waals surface area contributed by atoms with E-state index < -0.39 is 0 Å². The molecule has 0 amide bonds. The van der Waals surface area contributed by atoms with Crippen LogP contribution in [0.25, 0.3) is 11.4 Å². The van der Waals surface area contributed by atoms with E-state index in [-0.39, 0.29) is 0 Å². The summed E-state index contributed by atoms with van der Waals surface area (Å²) in [4.78, 5) is 0. The molecule has 5 nitrogen and oxygen atoms in total. The second-order valence-corrected chi connectivity index (χ2v) is 3.58.